The molecule has 0 atom stereocenters. The topological polar surface area (TPSA) is 52.3 Å². The van der Waals surface area contributed by atoms with E-state index in [1.807, 2.05) is 0 Å². The Hall–Kier alpha value is -2.43. The molecule has 0 radical (unpaired) electrons. The second kappa shape index (κ2) is 5.48. The Bertz CT molecular complexity index is 577. The molecule has 0 amide bonds. The maximum absolute atomic E-state index is 12.9. The Kier molecular flexibility index (Phi) is 3.75. The Labute approximate surface area is 108 Å². The van der Waals surface area contributed by atoms with Crippen molar-refractivity contribution >= 4 is 11.7 Å². The second-order valence-electron chi connectivity index (χ2n) is 3.98. The second-order valence-corrected chi connectivity index (χ2v) is 3.98. The molecule has 5 heteroatoms. The van der Waals surface area contributed by atoms with E-state index in [-0.39, 0.29) is 12.2 Å². The van der Waals surface area contributed by atoms with Crippen molar-refractivity contribution in [1.29, 1.82) is 0 Å². The minimum Gasteiger partial charge on any atom is -0.457 e. The van der Waals surface area contributed by atoms with Crippen LogP contribution in [0.1, 0.15) is 15.9 Å². The predicted octanol–water partition coefficient (Wildman–Crippen LogP) is 2.90. The number of hydrogen-bond donors (Lipinski definition) is 1. The summed E-state index contributed by atoms with van der Waals surface area (Å²) >= 11 is 0. The van der Waals surface area contributed by atoms with Crippen LogP contribution in [0.4, 0.5) is 14.5 Å². The molecule has 0 bridgehead atoms. The van der Waals surface area contributed by atoms with Crippen LogP contribution in [-0.2, 0) is 11.3 Å². The maximum atomic E-state index is 12.9. The van der Waals surface area contributed by atoms with E-state index in [0.717, 1.165) is 18.2 Å². The predicted molar refractivity (Wildman–Crippen MR) is 66.3 cm³/mol. The number of ether oxygens (including phenoxy) is 1. The summed E-state index contributed by atoms with van der Waals surface area (Å²) in [5.41, 5.74) is 6.60. The van der Waals surface area contributed by atoms with Crippen LogP contribution in [0, 0.1) is 11.6 Å². The summed E-state index contributed by atoms with van der Waals surface area (Å²) in [4.78, 5) is 11.6. The third-order valence-corrected chi connectivity index (χ3v) is 2.44. The highest BCUT2D eigenvalue weighted by molar-refractivity contribution is 5.89. The molecule has 2 aromatic rings. The SMILES string of the molecule is Nc1ccc(C(=O)OCc2cc(F)cc(F)c2)cc1. The van der Waals surface area contributed by atoms with Gasteiger partial charge in [0.05, 0.1) is 5.56 Å². The number of rotatable bonds is 3. The number of carbonyl (C=O) groups excluding carboxylic acids is 1. The van der Waals surface area contributed by atoms with Crippen molar-refractivity contribution in [2.24, 2.45) is 0 Å². The number of esters is 1. The molecular formula is C14H11F2NO2. The third-order valence-electron chi connectivity index (χ3n) is 2.44. The fourth-order valence-corrected chi connectivity index (χ4v) is 1.55. The highest BCUT2D eigenvalue weighted by Gasteiger charge is 2.08. The number of benzene rings is 2. The van der Waals surface area contributed by atoms with Gasteiger partial charge in [-0.3, -0.25) is 0 Å². The van der Waals surface area contributed by atoms with Crippen LogP contribution in [0.25, 0.3) is 0 Å². The fourth-order valence-electron chi connectivity index (χ4n) is 1.55. The summed E-state index contributed by atoms with van der Waals surface area (Å²) in [6, 6.07) is 9.15. The van der Waals surface area contributed by atoms with Gasteiger partial charge in [-0.25, -0.2) is 13.6 Å². The van der Waals surface area contributed by atoms with E-state index in [2.05, 4.69) is 0 Å². The molecule has 0 aliphatic rings. The van der Waals surface area contributed by atoms with Gasteiger partial charge in [-0.1, -0.05) is 0 Å². The van der Waals surface area contributed by atoms with Gasteiger partial charge in [-0.15, -0.1) is 0 Å². The minimum absolute atomic E-state index is 0.197. The van der Waals surface area contributed by atoms with Crippen LogP contribution in [-0.4, -0.2) is 5.97 Å². The third kappa shape index (κ3) is 3.51. The standard InChI is InChI=1S/C14H11F2NO2/c15-11-5-9(6-12(16)7-11)8-19-14(18)10-1-3-13(17)4-2-10/h1-7H,8,17H2. The molecule has 0 aliphatic carbocycles. The first kappa shape index (κ1) is 13.0. The van der Waals surface area contributed by atoms with E-state index in [4.69, 9.17) is 10.5 Å². The van der Waals surface area contributed by atoms with E-state index < -0.39 is 17.6 Å². The zero-order valence-electron chi connectivity index (χ0n) is 9.90. The first-order valence-corrected chi connectivity index (χ1v) is 5.52. The van der Waals surface area contributed by atoms with Crippen molar-refractivity contribution in [3.05, 3.63) is 65.2 Å². The molecule has 2 rings (SSSR count). The van der Waals surface area contributed by atoms with E-state index in [9.17, 15) is 13.6 Å². The van der Waals surface area contributed by atoms with Gasteiger partial charge < -0.3 is 10.5 Å². The molecule has 0 saturated carbocycles. The average molecular weight is 263 g/mol. The molecule has 19 heavy (non-hydrogen) atoms. The van der Waals surface area contributed by atoms with E-state index in [0.29, 0.717) is 11.3 Å². The molecule has 0 aliphatic heterocycles. The minimum atomic E-state index is -0.710. The fraction of sp³-hybridized carbons (Fsp3) is 0.0714. The van der Waals surface area contributed by atoms with E-state index >= 15 is 0 Å². The lowest BCUT2D eigenvalue weighted by Crippen LogP contribution is -2.05. The van der Waals surface area contributed by atoms with Crippen LogP contribution < -0.4 is 5.73 Å². The monoisotopic (exact) mass is 263 g/mol. The number of halogens is 2. The van der Waals surface area contributed by atoms with Crippen LogP contribution >= 0.6 is 0 Å². The average Bonchev–Trinajstić information content (AvgIpc) is 2.36. The van der Waals surface area contributed by atoms with Gasteiger partial charge in [-0.05, 0) is 42.0 Å². The Balaban J connectivity index is 2.02. The van der Waals surface area contributed by atoms with Crippen molar-refractivity contribution in [3.63, 3.8) is 0 Å². The number of nitrogen functional groups attached to an aromatic ring is 1. The summed E-state index contributed by atoms with van der Waals surface area (Å²) in [6.45, 7) is -0.197. The smallest absolute Gasteiger partial charge is 0.338 e. The maximum Gasteiger partial charge on any atom is 0.338 e. The van der Waals surface area contributed by atoms with Gasteiger partial charge in [-0.2, -0.15) is 0 Å². The highest BCUT2D eigenvalue weighted by atomic mass is 19.1. The molecule has 0 fully saturated rings. The first-order chi connectivity index (χ1) is 9.04. The van der Waals surface area contributed by atoms with E-state index in [1.165, 1.54) is 12.1 Å². The van der Waals surface area contributed by atoms with Gasteiger partial charge in [0.15, 0.2) is 0 Å². The molecular weight excluding hydrogens is 252 g/mol. The Morgan fingerprint density at radius 3 is 2.21 bits per heavy atom. The Morgan fingerprint density at radius 2 is 1.63 bits per heavy atom. The largest absolute Gasteiger partial charge is 0.457 e. The molecule has 0 unspecified atom stereocenters. The number of carbonyl (C=O) groups is 1. The van der Waals surface area contributed by atoms with Crippen molar-refractivity contribution in [3.8, 4) is 0 Å². The number of nitrogens with two attached hydrogens (primary N) is 1. The van der Waals surface area contributed by atoms with Crippen molar-refractivity contribution < 1.29 is 18.3 Å². The summed E-state index contributed by atoms with van der Waals surface area (Å²) in [6.07, 6.45) is 0. The highest BCUT2D eigenvalue weighted by Crippen LogP contribution is 2.11. The number of anilines is 1. The van der Waals surface area contributed by atoms with E-state index in [1.54, 1.807) is 12.1 Å². The summed E-state index contributed by atoms with van der Waals surface area (Å²) < 4.78 is 30.8. The quantitative estimate of drug-likeness (QED) is 0.684. The molecule has 0 heterocycles. The molecule has 2 N–H and O–H groups in total. The number of hydrogen-bond acceptors (Lipinski definition) is 3. The lowest BCUT2D eigenvalue weighted by atomic mass is 10.2. The van der Waals surface area contributed by atoms with Gasteiger partial charge in [0, 0.05) is 11.8 Å². The molecule has 2 aromatic carbocycles. The molecule has 0 spiro atoms. The molecule has 98 valence electrons. The van der Waals surface area contributed by atoms with Gasteiger partial charge in [0.25, 0.3) is 0 Å². The molecule has 3 nitrogen and oxygen atoms in total. The van der Waals surface area contributed by atoms with Crippen LogP contribution in [0.3, 0.4) is 0 Å². The summed E-state index contributed by atoms with van der Waals surface area (Å²) in [5, 5.41) is 0. The van der Waals surface area contributed by atoms with Crippen LogP contribution in [0.2, 0.25) is 0 Å². The first-order valence-electron chi connectivity index (χ1n) is 5.52. The normalized spacial score (nSPS) is 10.2. The van der Waals surface area contributed by atoms with Crippen LogP contribution in [0.15, 0.2) is 42.5 Å². The Morgan fingerprint density at radius 1 is 1.05 bits per heavy atom. The molecule has 0 saturated heterocycles. The van der Waals surface area contributed by atoms with Gasteiger partial charge in [0.1, 0.15) is 18.2 Å². The lowest BCUT2D eigenvalue weighted by Gasteiger charge is -2.05. The zero-order chi connectivity index (χ0) is 13.8. The van der Waals surface area contributed by atoms with Crippen molar-refractivity contribution in [1.82, 2.24) is 0 Å². The van der Waals surface area contributed by atoms with Crippen molar-refractivity contribution in [2.45, 2.75) is 6.61 Å². The molecule has 0 aromatic heterocycles. The lowest BCUT2D eigenvalue weighted by molar-refractivity contribution is 0.0472. The van der Waals surface area contributed by atoms with Gasteiger partial charge in [0.2, 0.25) is 0 Å². The van der Waals surface area contributed by atoms with Crippen molar-refractivity contribution in [2.75, 3.05) is 5.73 Å². The summed E-state index contributed by atoms with van der Waals surface area (Å²) in [7, 11) is 0. The zero-order valence-corrected chi connectivity index (χ0v) is 9.90. The van der Waals surface area contributed by atoms with Gasteiger partial charge >= 0.3 is 5.97 Å². The van der Waals surface area contributed by atoms with Crippen LogP contribution in [0.5, 0.6) is 0 Å². The summed E-state index contributed by atoms with van der Waals surface area (Å²) in [5.74, 6) is -2.00.